The van der Waals surface area contributed by atoms with Crippen molar-refractivity contribution in [1.82, 2.24) is 10.2 Å². The fourth-order valence-corrected chi connectivity index (χ4v) is 2.48. The van der Waals surface area contributed by atoms with Crippen LogP contribution in [-0.2, 0) is 11.3 Å². The van der Waals surface area contributed by atoms with Gasteiger partial charge in [0.25, 0.3) is 0 Å². The molecule has 1 heterocycles. The van der Waals surface area contributed by atoms with Crippen LogP contribution in [0.5, 0.6) is 0 Å². The zero-order chi connectivity index (χ0) is 13.1. The van der Waals surface area contributed by atoms with E-state index in [0.29, 0.717) is 6.54 Å². The Morgan fingerprint density at radius 2 is 2.22 bits per heavy atom. The molecule has 0 saturated carbocycles. The first-order valence-corrected chi connectivity index (χ1v) is 6.60. The number of benzene rings is 1. The highest BCUT2D eigenvalue weighted by Gasteiger charge is 2.25. The summed E-state index contributed by atoms with van der Waals surface area (Å²) in [6.45, 7) is 6.70. The summed E-state index contributed by atoms with van der Waals surface area (Å²) in [5.74, 6) is 0.432. The van der Waals surface area contributed by atoms with Crippen LogP contribution in [0.4, 0.5) is 0 Å². The number of hydrogen-bond acceptors (Lipinski definition) is 2. The van der Waals surface area contributed by atoms with Gasteiger partial charge in [-0.05, 0) is 37.9 Å². The van der Waals surface area contributed by atoms with Gasteiger partial charge < -0.3 is 10.2 Å². The Morgan fingerprint density at radius 3 is 2.89 bits per heavy atom. The van der Waals surface area contributed by atoms with E-state index in [1.54, 1.807) is 0 Å². The van der Waals surface area contributed by atoms with Crippen LogP contribution in [-0.4, -0.2) is 30.9 Å². The monoisotopic (exact) mass is 246 g/mol. The molecule has 0 spiro atoms. The van der Waals surface area contributed by atoms with Crippen LogP contribution in [0.15, 0.2) is 18.2 Å². The molecule has 0 bridgehead atoms. The Bertz CT molecular complexity index is 436. The third-order valence-corrected chi connectivity index (χ3v) is 3.70. The summed E-state index contributed by atoms with van der Waals surface area (Å²) < 4.78 is 0. The maximum Gasteiger partial charge on any atom is 0.227 e. The predicted octanol–water partition coefficient (Wildman–Crippen LogP) is 1.87. The molecule has 2 rings (SSSR count). The van der Waals surface area contributed by atoms with Gasteiger partial charge in [0.1, 0.15) is 0 Å². The van der Waals surface area contributed by atoms with E-state index in [1.165, 1.54) is 16.7 Å². The highest BCUT2D eigenvalue weighted by atomic mass is 16.2. The lowest BCUT2D eigenvalue weighted by atomic mass is 10.0. The van der Waals surface area contributed by atoms with E-state index in [0.717, 1.165) is 19.5 Å². The summed E-state index contributed by atoms with van der Waals surface area (Å²) in [4.78, 5) is 14.1. The molecule has 0 aromatic heterocycles. The van der Waals surface area contributed by atoms with E-state index in [9.17, 15) is 4.79 Å². The molecular weight excluding hydrogens is 224 g/mol. The van der Waals surface area contributed by atoms with Gasteiger partial charge >= 0.3 is 0 Å². The van der Waals surface area contributed by atoms with Gasteiger partial charge in [0.2, 0.25) is 5.91 Å². The van der Waals surface area contributed by atoms with Gasteiger partial charge in [0, 0.05) is 20.1 Å². The van der Waals surface area contributed by atoms with Crippen molar-refractivity contribution in [3.8, 4) is 0 Å². The zero-order valence-electron chi connectivity index (χ0n) is 11.5. The van der Waals surface area contributed by atoms with E-state index < -0.39 is 0 Å². The van der Waals surface area contributed by atoms with Crippen LogP contribution >= 0.6 is 0 Å². The lowest BCUT2D eigenvalue weighted by molar-refractivity contribution is -0.134. The smallest absolute Gasteiger partial charge is 0.227 e. The second-order valence-corrected chi connectivity index (χ2v) is 5.31. The number of carbonyl (C=O) groups is 1. The van der Waals surface area contributed by atoms with Gasteiger partial charge in [0.05, 0.1) is 5.92 Å². The molecule has 1 aliphatic rings. The van der Waals surface area contributed by atoms with E-state index in [2.05, 4.69) is 37.4 Å². The Kier molecular flexibility index (Phi) is 4.02. The summed E-state index contributed by atoms with van der Waals surface area (Å²) in [5.41, 5.74) is 3.75. The number of rotatable bonds is 3. The molecule has 1 unspecified atom stereocenters. The average Bonchev–Trinajstić information content (AvgIpc) is 2.86. The lowest BCUT2D eigenvalue weighted by Crippen LogP contribution is -2.33. The molecule has 1 atom stereocenters. The van der Waals surface area contributed by atoms with E-state index in [1.807, 2.05) is 11.9 Å². The highest BCUT2D eigenvalue weighted by molar-refractivity contribution is 5.79. The van der Waals surface area contributed by atoms with Gasteiger partial charge in [-0.1, -0.05) is 23.8 Å². The van der Waals surface area contributed by atoms with E-state index in [4.69, 9.17) is 0 Å². The first-order chi connectivity index (χ1) is 8.58. The third-order valence-electron chi connectivity index (χ3n) is 3.70. The Morgan fingerprint density at radius 1 is 1.44 bits per heavy atom. The summed E-state index contributed by atoms with van der Waals surface area (Å²) in [5, 5.41) is 3.24. The SMILES string of the molecule is Cc1ccc(C)c(CN(C)C(=O)C2CCNC2)c1. The van der Waals surface area contributed by atoms with Crippen molar-refractivity contribution in [2.45, 2.75) is 26.8 Å². The second-order valence-electron chi connectivity index (χ2n) is 5.31. The van der Waals surface area contributed by atoms with E-state index >= 15 is 0 Å². The summed E-state index contributed by atoms with van der Waals surface area (Å²) in [7, 11) is 1.91. The summed E-state index contributed by atoms with van der Waals surface area (Å²) in [6, 6.07) is 6.41. The third kappa shape index (κ3) is 2.91. The van der Waals surface area contributed by atoms with Crippen LogP contribution in [0.2, 0.25) is 0 Å². The normalized spacial score (nSPS) is 18.9. The Balaban J connectivity index is 2.03. The fourth-order valence-electron chi connectivity index (χ4n) is 2.48. The molecule has 1 aromatic rings. The molecule has 98 valence electrons. The number of nitrogens with one attached hydrogen (secondary N) is 1. The first-order valence-electron chi connectivity index (χ1n) is 6.60. The number of amides is 1. The maximum atomic E-state index is 12.2. The molecular formula is C15H22N2O. The number of carbonyl (C=O) groups excluding carboxylic acids is 1. The molecule has 3 nitrogen and oxygen atoms in total. The van der Waals surface area contributed by atoms with Gasteiger partial charge in [0.15, 0.2) is 0 Å². The zero-order valence-corrected chi connectivity index (χ0v) is 11.5. The fraction of sp³-hybridized carbons (Fsp3) is 0.533. The van der Waals surface area contributed by atoms with E-state index in [-0.39, 0.29) is 11.8 Å². The molecule has 1 amide bonds. The average molecular weight is 246 g/mol. The van der Waals surface area contributed by atoms with Crippen LogP contribution < -0.4 is 5.32 Å². The largest absolute Gasteiger partial charge is 0.341 e. The topological polar surface area (TPSA) is 32.3 Å². The number of hydrogen-bond donors (Lipinski definition) is 1. The Hall–Kier alpha value is -1.35. The minimum absolute atomic E-state index is 0.167. The molecule has 0 aliphatic carbocycles. The minimum Gasteiger partial charge on any atom is -0.341 e. The molecule has 1 aromatic carbocycles. The van der Waals surface area contributed by atoms with Crippen LogP contribution in [0, 0.1) is 19.8 Å². The van der Waals surface area contributed by atoms with Gasteiger partial charge in [-0.25, -0.2) is 0 Å². The molecule has 1 fully saturated rings. The second kappa shape index (κ2) is 5.53. The highest BCUT2D eigenvalue weighted by Crippen LogP contribution is 2.16. The molecule has 18 heavy (non-hydrogen) atoms. The predicted molar refractivity (Wildman–Crippen MR) is 73.4 cm³/mol. The van der Waals surface area contributed by atoms with Crippen molar-refractivity contribution in [3.05, 3.63) is 34.9 Å². The molecule has 1 saturated heterocycles. The Labute approximate surface area is 109 Å². The van der Waals surface area contributed by atoms with Crippen molar-refractivity contribution < 1.29 is 4.79 Å². The van der Waals surface area contributed by atoms with Gasteiger partial charge in [-0.2, -0.15) is 0 Å². The van der Waals surface area contributed by atoms with Crippen molar-refractivity contribution in [2.75, 3.05) is 20.1 Å². The summed E-state index contributed by atoms with van der Waals surface area (Å²) in [6.07, 6.45) is 0.968. The van der Waals surface area contributed by atoms with Crippen molar-refractivity contribution in [3.63, 3.8) is 0 Å². The van der Waals surface area contributed by atoms with Crippen LogP contribution in [0.25, 0.3) is 0 Å². The standard InChI is InChI=1S/C15H22N2O/c1-11-4-5-12(2)14(8-11)10-17(3)15(18)13-6-7-16-9-13/h4-5,8,13,16H,6-7,9-10H2,1-3H3. The first kappa shape index (κ1) is 13.1. The molecule has 1 aliphatic heterocycles. The van der Waals surface area contributed by atoms with Crippen LogP contribution in [0.1, 0.15) is 23.1 Å². The van der Waals surface area contributed by atoms with Crippen molar-refractivity contribution in [2.24, 2.45) is 5.92 Å². The van der Waals surface area contributed by atoms with Crippen molar-refractivity contribution in [1.29, 1.82) is 0 Å². The maximum absolute atomic E-state index is 12.2. The minimum atomic E-state index is 0.167. The molecule has 3 heteroatoms. The van der Waals surface area contributed by atoms with Gasteiger partial charge in [-0.15, -0.1) is 0 Å². The summed E-state index contributed by atoms with van der Waals surface area (Å²) >= 11 is 0. The molecule has 0 radical (unpaired) electrons. The van der Waals surface area contributed by atoms with Gasteiger partial charge in [-0.3, -0.25) is 4.79 Å². The number of aryl methyl sites for hydroxylation is 2. The van der Waals surface area contributed by atoms with Crippen molar-refractivity contribution >= 4 is 5.91 Å². The quantitative estimate of drug-likeness (QED) is 0.883. The molecule has 1 N–H and O–H groups in total. The lowest BCUT2D eigenvalue weighted by Gasteiger charge is -2.22. The number of nitrogens with zero attached hydrogens (tertiary/aromatic N) is 1. The van der Waals surface area contributed by atoms with Crippen LogP contribution in [0.3, 0.4) is 0 Å².